The van der Waals surface area contributed by atoms with Crippen molar-refractivity contribution in [1.82, 2.24) is 24.8 Å². The van der Waals surface area contributed by atoms with Crippen LogP contribution in [0.15, 0.2) is 24.5 Å². The van der Waals surface area contributed by atoms with E-state index in [1.165, 1.54) is 0 Å². The molecular formula is C19H27N5O2. The van der Waals surface area contributed by atoms with Crippen LogP contribution in [-0.4, -0.2) is 62.8 Å². The third-order valence-corrected chi connectivity index (χ3v) is 5.74. The first kappa shape index (κ1) is 17.4. The SMILES string of the molecule is CC(C)N1CCC2(CC[C@@H](CNC(=O)c3cc4ncccn4n3)O2)CC1. The van der Waals surface area contributed by atoms with Gasteiger partial charge in [0.1, 0.15) is 0 Å². The van der Waals surface area contributed by atoms with Gasteiger partial charge in [0.05, 0.1) is 11.7 Å². The van der Waals surface area contributed by atoms with Gasteiger partial charge < -0.3 is 15.0 Å². The van der Waals surface area contributed by atoms with Crippen molar-refractivity contribution in [3.8, 4) is 0 Å². The van der Waals surface area contributed by atoms with E-state index in [1.807, 2.05) is 0 Å². The van der Waals surface area contributed by atoms with Gasteiger partial charge in [-0.2, -0.15) is 5.10 Å². The fourth-order valence-electron chi connectivity index (χ4n) is 4.09. The summed E-state index contributed by atoms with van der Waals surface area (Å²) in [7, 11) is 0. The van der Waals surface area contributed by atoms with Crippen LogP contribution in [0, 0.1) is 0 Å². The Labute approximate surface area is 153 Å². The second kappa shape index (κ2) is 6.96. The quantitative estimate of drug-likeness (QED) is 0.905. The first-order valence-corrected chi connectivity index (χ1v) is 9.55. The van der Waals surface area contributed by atoms with E-state index in [1.54, 1.807) is 29.0 Å². The molecule has 7 nitrogen and oxygen atoms in total. The van der Waals surface area contributed by atoms with Crippen molar-refractivity contribution in [2.45, 2.75) is 57.3 Å². The minimum absolute atomic E-state index is 0.0216. The molecule has 26 heavy (non-hydrogen) atoms. The number of carbonyl (C=O) groups excluding carboxylic acids is 1. The minimum atomic E-state index is -0.172. The van der Waals surface area contributed by atoms with Gasteiger partial charge in [-0.25, -0.2) is 9.50 Å². The molecule has 4 rings (SSSR count). The minimum Gasteiger partial charge on any atom is -0.370 e. The number of nitrogens with zero attached hydrogens (tertiary/aromatic N) is 4. The van der Waals surface area contributed by atoms with Gasteiger partial charge in [0.25, 0.3) is 5.91 Å². The zero-order valence-electron chi connectivity index (χ0n) is 15.5. The van der Waals surface area contributed by atoms with Gasteiger partial charge in [-0.05, 0) is 45.6 Å². The van der Waals surface area contributed by atoms with E-state index in [4.69, 9.17) is 4.74 Å². The maximum atomic E-state index is 12.4. The van der Waals surface area contributed by atoms with E-state index < -0.39 is 0 Å². The van der Waals surface area contributed by atoms with Crippen molar-refractivity contribution in [3.63, 3.8) is 0 Å². The highest BCUT2D eigenvalue weighted by Crippen LogP contribution is 2.39. The Balaban J connectivity index is 1.30. The van der Waals surface area contributed by atoms with Crippen LogP contribution in [0.5, 0.6) is 0 Å². The number of fused-ring (bicyclic) bond motifs is 1. The molecule has 0 unspecified atom stereocenters. The number of hydrogen-bond donors (Lipinski definition) is 1. The molecule has 2 fully saturated rings. The fourth-order valence-corrected chi connectivity index (χ4v) is 4.09. The second-order valence-electron chi connectivity index (χ2n) is 7.75. The number of nitrogens with one attached hydrogen (secondary N) is 1. The largest absolute Gasteiger partial charge is 0.370 e. The number of hydrogen-bond acceptors (Lipinski definition) is 5. The number of ether oxygens (including phenoxy) is 1. The molecule has 0 radical (unpaired) electrons. The highest BCUT2D eigenvalue weighted by Gasteiger charge is 2.42. The summed E-state index contributed by atoms with van der Waals surface area (Å²) in [4.78, 5) is 19.1. The lowest BCUT2D eigenvalue weighted by Crippen LogP contribution is -2.47. The Morgan fingerprint density at radius 3 is 2.92 bits per heavy atom. The van der Waals surface area contributed by atoms with E-state index in [2.05, 4.69) is 34.1 Å². The molecule has 1 N–H and O–H groups in total. The summed E-state index contributed by atoms with van der Waals surface area (Å²) in [6, 6.07) is 4.09. The molecule has 0 aliphatic carbocycles. The highest BCUT2D eigenvalue weighted by molar-refractivity contribution is 5.93. The van der Waals surface area contributed by atoms with Crippen LogP contribution in [0.2, 0.25) is 0 Å². The summed E-state index contributed by atoms with van der Waals surface area (Å²) in [6.07, 6.45) is 7.86. The van der Waals surface area contributed by atoms with Crippen LogP contribution < -0.4 is 5.32 Å². The molecule has 2 aromatic rings. The first-order valence-electron chi connectivity index (χ1n) is 9.55. The monoisotopic (exact) mass is 357 g/mol. The van der Waals surface area contributed by atoms with Gasteiger partial charge in [0.15, 0.2) is 11.3 Å². The van der Waals surface area contributed by atoms with Crippen LogP contribution in [0.4, 0.5) is 0 Å². The molecule has 2 saturated heterocycles. The Bertz CT molecular complexity index is 746. The van der Waals surface area contributed by atoms with Crippen molar-refractivity contribution in [2.24, 2.45) is 0 Å². The third-order valence-electron chi connectivity index (χ3n) is 5.74. The van der Waals surface area contributed by atoms with Crippen LogP contribution in [0.1, 0.15) is 50.0 Å². The smallest absolute Gasteiger partial charge is 0.271 e. The standard InChI is InChI=1S/C19H27N5O2/c1-14(2)23-10-6-19(7-11-23)5-4-15(26-19)13-21-18(25)16-12-17-20-8-3-9-24(17)22-16/h3,8-9,12,14-15H,4-7,10-11,13H2,1-2H3,(H,21,25)/t15-/m0/s1. The van der Waals surface area contributed by atoms with E-state index in [9.17, 15) is 4.79 Å². The predicted octanol–water partition coefficient (Wildman–Crippen LogP) is 1.88. The van der Waals surface area contributed by atoms with Gasteiger partial charge in [-0.3, -0.25) is 4.79 Å². The zero-order chi connectivity index (χ0) is 18.1. The Hall–Kier alpha value is -1.99. The van der Waals surface area contributed by atoms with E-state index in [0.717, 1.165) is 38.8 Å². The summed E-state index contributed by atoms with van der Waals surface area (Å²) in [5.74, 6) is -0.172. The number of amides is 1. The molecular weight excluding hydrogens is 330 g/mol. The Morgan fingerprint density at radius 1 is 1.38 bits per heavy atom. The molecule has 1 spiro atoms. The molecule has 0 aromatic carbocycles. The average Bonchev–Trinajstić information content (AvgIpc) is 3.24. The summed E-state index contributed by atoms with van der Waals surface area (Å²) in [6.45, 7) is 7.24. The predicted molar refractivity (Wildman–Crippen MR) is 98.1 cm³/mol. The maximum absolute atomic E-state index is 12.4. The molecule has 2 aliphatic heterocycles. The molecule has 1 atom stereocenters. The molecule has 140 valence electrons. The number of piperidine rings is 1. The van der Waals surface area contributed by atoms with Gasteiger partial charge in [-0.15, -0.1) is 0 Å². The van der Waals surface area contributed by atoms with Crippen LogP contribution in [0.3, 0.4) is 0 Å². The van der Waals surface area contributed by atoms with Gasteiger partial charge in [-0.1, -0.05) is 0 Å². The number of aromatic nitrogens is 3. The van der Waals surface area contributed by atoms with E-state index in [0.29, 0.717) is 23.9 Å². The van der Waals surface area contributed by atoms with Crippen molar-refractivity contribution in [3.05, 3.63) is 30.2 Å². The Kier molecular flexibility index (Phi) is 4.67. The molecule has 0 bridgehead atoms. The fraction of sp³-hybridized carbons (Fsp3) is 0.632. The highest BCUT2D eigenvalue weighted by atomic mass is 16.5. The zero-order valence-corrected chi connectivity index (χ0v) is 15.5. The summed E-state index contributed by atoms with van der Waals surface area (Å²) in [5.41, 5.74) is 1.08. The van der Waals surface area contributed by atoms with Gasteiger partial charge in [0.2, 0.25) is 0 Å². The maximum Gasteiger partial charge on any atom is 0.271 e. The molecule has 0 saturated carbocycles. The molecule has 7 heteroatoms. The normalized spacial score (nSPS) is 23.1. The van der Waals surface area contributed by atoms with Gasteiger partial charge >= 0.3 is 0 Å². The third kappa shape index (κ3) is 3.46. The number of carbonyl (C=O) groups is 1. The topological polar surface area (TPSA) is 71.8 Å². The lowest BCUT2D eigenvalue weighted by atomic mass is 9.88. The summed E-state index contributed by atoms with van der Waals surface area (Å²) in [5, 5.41) is 7.23. The lowest BCUT2D eigenvalue weighted by Gasteiger charge is -2.40. The van der Waals surface area contributed by atoms with Crippen molar-refractivity contribution in [2.75, 3.05) is 19.6 Å². The van der Waals surface area contributed by atoms with Crippen LogP contribution in [-0.2, 0) is 4.74 Å². The average molecular weight is 357 g/mol. The summed E-state index contributed by atoms with van der Waals surface area (Å²) < 4.78 is 7.99. The summed E-state index contributed by atoms with van der Waals surface area (Å²) >= 11 is 0. The molecule has 2 aliphatic rings. The van der Waals surface area contributed by atoms with Crippen molar-refractivity contribution >= 4 is 11.6 Å². The van der Waals surface area contributed by atoms with Crippen LogP contribution in [0.25, 0.3) is 5.65 Å². The second-order valence-corrected chi connectivity index (χ2v) is 7.75. The van der Waals surface area contributed by atoms with Gasteiger partial charge in [0, 0.05) is 44.1 Å². The van der Waals surface area contributed by atoms with Crippen molar-refractivity contribution < 1.29 is 9.53 Å². The van der Waals surface area contributed by atoms with Crippen molar-refractivity contribution in [1.29, 1.82) is 0 Å². The van der Waals surface area contributed by atoms with Crippen LogP contribution >= 0.6 is 0 Å². The van der Waals surface area contributed by atoms with E-state index in [-0.39, 0.29) is 17.6 Å². The lowest BCUT2D eigenvalue weighted by molar-refractivity contribution is -0.0788. The Morgan fingerprint density at radius 2 is 2.19 bits per heavy atom. The molecule has 4 heterocycles. The molecule has 2 aromatic heterocycles. The number of rotatable bonds is 4. The first-order chi connectivity index (χ1) is 12.5. The molecule has 1 amide bonds. The van der Waals surface area contributed by atoms with E-state index >= 15 is 0 Å². The number of likely N-dealkylation sites (tertiary alicyclic amines) is 1.